The summed E-state index contributed by atoms with van der Waals surface area (Å²) >= 11 is 0. The highest BCUT2D eigenvalue weighted by molar-refractivity contribution is 5.83. The van der Waals surface area contributed by atoms with E-state index >= 15 is 0 Å². The van der Waals surface area contributed by atoms with Gasteiger partial charge in [0.2, 0.25) is 0 Å². The van der Waals surface area contributed by atoms with Crippen LogP contribution in [-0.2, 0) is 9.53 Å². The number of nitrogens with zero attached hydrogens (tertiary/aromatic N) is 4. The van der Waals surface area contributed by atoms with Crippen LogP contribution in [0.4, 0.5) is 4.79 Å². The Balaban J connectivity index is 2.02. The SMILES string of the molecule is COC1CC(C(=O)O)N(C(=O)NC(C)c2nn[nH]n2)C1. The Hall–Kier alpha value is -2.23. The van der Waals surface area contributed by atoms with Gasteiger partial charge in [0, 0.05) is 20.1 Å². The second-order valence-corrected chi connectivity index (χ2v) is 4.54. The summed E-state index contributed by atoms with van der Waals surface area (Å²) in [6.45, 7) is 1.92. The van der Waals surface area contributed by atoms with Crippen molar-refractivity contribution in [1.82, 2.24) is 30.8 Å². The molecule has 2 amide bonds. The minimum absolute atomic E-state index is 0.234. The van der Waals surface area contributed by atoms with Crippen molar-refractivity contribution in [3.63, 3.8) is 0 Å². The lowest BCUT2D eigenvalue weighted by molar-refractivity contribution is -0.141. The van der Waals surface area contributed by atoms with Crippen LogP contribution in [0.3, 0.4) is 0 Å². The molecular weight excluding hydrogens is 268 g/mol. The second-order valence-electron chi connectivity index (χ2n) is 4.54. The number of aliphatic carboxylic acids is 1. The van der Waals surface area contributed by atoms with E-state index in [-0.39, 0.29) is 19.1 Å². The normalized spacial score (nSPS) is 23.6. The third-order valence-electron chi connectivity index (χ3n) is 3.23. The fourth-order valence-electron chi connectivity index (χ4n) is 2.11. The molecule has 1 aromatic rings. The minimum atomic E-state index is -1.05. The number of carboxylic acids is 1. The largest absolute Gasteiger partial charge is 0.480 e. The molecule has 10 heteroatoms. The number of tetrazole rings is 1. The Morgan fingerprint density at radius 3 is 2.90 bits per heavy atom. The van der Waals surface area contributed by atoms with E-state index in [9.17, 15) is 9.59 Å². The van der Waals surface area contributed by atoms with E-state index in [0.29, 0.717) is 5.82 Å². The molecule has 1 fully saturated rings. The number of H-pyrrole nitrogens is 1. The molecule has 10 nitrogen and oxygen atoms in total. The Bertz CT molecular complexity index is 478. The number of rotatable bonds is 4. The lowest BCUT2D eigenvalue weighted by Crippen LogP contribution is -2.47. The molecule has 0 aromatic carbocycles. The van der Waals surface area contributed by atoms with Crippen LogP contribution in [0.15, 0.2) is 0 Å². The van der Waals surface area contributed by atoms with E-state index in [1.807, 2.05) is 0 Å². The van der Waals surface area contributed by atoms with E-state index in [0.717, 1.165) is 0 Å². The van der Waals surface area contributed by atoms with Gasteiger partial charge >= 0.3 is 12.0 Å². The molecule has 0 spiro atoms. The van der Waals surface area contributed by atoms with Crippen LogP contribution >= 0.6 is 0 Å². The maximum Gasteiger partial charge on any atom is 0.326 e. The first-order valence-electron chi connectivity index (χ1n) is 6.09. The van der Waals surface area contributed by atoms with Gasteiger partial charge in [-0.15, -0.1) is 10.2 Å². The molecule has 3 N–H and O–H groups in total. The molecule has 0 aliphatic carbocycles. The monoisotopic (exact) mass is 284 g/mol. The Kier molecular flexibility index (Phi) is 4.13. The molecule has 20 heavy (non-hydrogen) atoms. The number of likely N-dealkylation sites (tertiary alicyclic amines) is 1. The lowest BCUT2D eigenvalue weighted by atomic mass is 10.2. The number of hydrogen-bond donors (Lipinski definition) is 3. The summed E-state index contributed by atoms with van der Waals surface area (Å²) in [6.07, 6.45) is -0.00196. The van der Waals surface area contributed by atoms with Crippen LogP contribution in [0.1, 0.15) is 25.2 Å². The van der Waals surface area contributed by atoms with Gasteiger partial charge in [0.15, 0.2) is 5.82 Å². The standard InChI is InChI=1S/C10H16N6O4/c1-5(8-12-14-15-13-8)11-10(19)16-4-6(20-2)3-7(16)9(17)18/h5-7H,3-4H2,1-2H3,(H,11,19)(H,17,18)(H,12,13,14,15). The average molecular weight is 284 g/mol. The Morgan fingerprint density at radius 2 is 2.35 bits per heavy atom. The highest BCUT2D eigenvalue weighted by atomic mass is 16.5. The number of aromatic nitrogens is 4. The number of carboxylic acid groups (broad SMARTS) is 1. The second kappa shape index (κ2) is 5.82. The zero-order valence-corrected chi connectivity index (χ0v) is 11.1. The van der Waals surface area contributed by atoms with Gasteiger partial charge in [-0.05, 0) is 6.92 Å². The highest BCUT2D eigenvalue weighted by Crippen LogP contribution is 2.21. The Morgan fingerprint density at radius 1 is 1.60 bits per heavy atom. The first-order valence-corrected chi connectivity index (χ1v) is 6.09. The summed E-state index contributed by atoms with van der Waals surface area (Å²) in [5.41, 5.74) is 0. The van der Waals surface area contributed by atoms with Crippen molar-refractivity contribution in [3.8, 4) is 0 Å². The molecule has 2 rings (SSSR count). The first-order chi connectivity index (χ1) is 9.52. The van der Waals surface area contributed by atoms with Crippen molar-refractivity contribution < 1.29 is 19.4 Å². The third kappa shape index (κ3) is 2.85. The predicted molar refractivity (Wildman–Crippen MR) is 64.7 cm³/mol. The molecule has 1 aliphatic rings. The fraction of sp³-hybridized carbons (Fsp3) is 0.700. The highest BCUT2D eigenvalue weighted by Gasteiger charge is 2.40. The van der Waals surface area contributed by atoms with Crippen molar-refractivity contribution in [3.05, 3.63) is 5.82 Å². The topological polar surface area (TPSA) is 133 Å². The van der Waals surface area contributed by atoms with Gasteiger partial charge in [0.05, 0.1) is 12.1 Å². The molecule has 110 valence electrons. The van der Waals surface area contributed by atoms with Crippen molar-refractivity contribution in [2.75, 3.05) is 13.7 Å². The third-order valence-corrected chi connectivity index (χ3v) is 3.23. The number of aromatic amines is 1. The van der Waals surface area contributed by atoms with Crippen molar-refractivity contribution in [2.45, 2.75) is 31.5 Å². The summed E-state index contributed by atoms with van der Waals surface area (Å²) in [6, 6.07) is -1.86. The molecule has 0 bridgehead atoms. The van der Waals surface area contributed by atoms with Crippen molar-refractivity contribution in [1.29, 1.82) is 0 Å². The van der Waals surface area contributed by atoms with E-state index in [2.05, 4.69) is 25.9 Å². The summed E-state index contributed by atoms with van der Waals surface area (Å²) in [7, 11) is 1.49. The van der Waals surface area contributed by atoms with Crippen LogP contribution in [0.25, 0.3) is 0 Å². The predicted octanol–water partition coefficient (Wildman–Crippen LogP) is -0.856. The molecule has 1 aliphatic heterocycles. The van der Waals surface area contributed by atoms with Gasteiger partial charge in [-0.1, -0.05) is 5.21 Å². The molecule has 3 unspecified atom stereocenters. The number of nitrogens with one attached hydrogen (secondary N) is 2. The van der Waals surface area contributed by atoms with Gasteiger partial charge in [-0.3, -0.25) is 0 Å². The number of hydrogen-bond acceptors (Lipinski definition) is 6. The Labute approximate surface area is 114 Å². The number of urea groups is 1. The number of ether oxygens (including phenoxy) is 1. The molecule has 1 aromatic heterocycles. The fourth-order valence-corrected chi connectivity index (χ4v) is 2.11. The molecular formula is C10H16N6O4. The number of amides is 2. The molecule has 0 saturated carbocycles. The summed E-state index contributed by atoms with van der Waals surface area (Å²) in [4.78, 5) is 24.6. The van der Waals surface area contributed by atoms with Crippen LogP contribution in [0.2, 0.25) is 0 Å². The number of methoxy groups -OCH3 is 1. The number of carbonyl (C=O) groups is 2. The maximum atomic E-state index is 12.1. The zero-order chi connectivity index (χ0) is 14.7. The molecule has 2 heterocycles. The van der Waals surface area contributed by atoms with Crippen LogP contribution in [0.5, 0.6) is 0 Å². The van der Waals surface area contributed by atoms with E-state index in [1.165, 1.54) is 12.0 Å². The van der Waals surface area contributed by atoms with Crippen LogP contribution in [-0.4, -0.2) is 68.4 Å². The van der Waals surface area contributed by atoms with Gasteiger partial charge in [0.1, 0.15) is 6.04 Å². The van der Waals surface area contributed by atoms with E-state index < -0.39 is 24.1 Å². The van der Waals surface area contributed by atoms with Gasteiger partial charge in [0.25, 0.3) is 0 Å². The van der Waals surface area contributed by atoms with Crippen LogP contribution in [0, 0.1) is 0 Å². The van der Waals surface area contributed by atoms with Crippen LogP contribution < -0.4 is 5.32 Å². The molecule has 1 saturated heterocycles. The smallest absolute Gasteiger partial charge is 0.326 e. The van der Waals surface area contributed by atoms with E-state index in [4.69, 9.17) is 9.84 Å². The average Bonchev–Trinajstić information content (AvgIpc) is 3.07. The first kappa shape index (κ1) is 14.2. The van der Waals surface area contributed by atoms with Gasteiger partial charge in [-0.25, -0.2) is 9.59 Å². The summed E-state index contributed by atoms with van der Waals surface area (Å²) < 4.78 is 5.12. The summed E-state index contributed by atoms with van der Waals surface area (Å²) in [5, 5.41) is 25.0. The van der Waals surface area contributed by atoms with Gasteiger partial charge < -0.3 is 20.1 Å². The quantitative estimate of drug-likeness (QED) is 0.655. The lowest BCUT2D eigenvalue weighted by Gasteiger charge is -2.23. The zero-order valence-electron chi connectivity index (χ0n) is 11.1. The maximum absolute atomic E-state index is 12.1. The molecule has 3 atom stereocenters. The van der Waals surface area contributed by atoms with Gasteiger partial charge in [-0.2, -0.15) is 5.21 Å². The number of carbonyl (C=O) groups excluding carboxylic acids is 1. The van der Waals surface area contributed by atoms with Crippen molar-refractivity contribution >= 4 is 12.0 Å². The summed E-state index contributed by atoms with van der Waals surface area (Å²) in [5.74, 6) is -0.723. The minimum Gasteiger partial charge on any atom is -0.480 e. The molecule has 0 radical (unpaired) electrons. The van der Waals surface area contributed by atoms with E-state index in [1.54, 1.807) is 6.92 Å². The van der Waals surface area contributed by atoms with Crippen molar-refractivity contribution in [2.24, 2.45) is 0 Å².